The van der Waals surface area contributed by atoms with Crippen LogP contribution in [-0.2, 0) is 12.8 Å². The zero-order valence-electron chi connectivity index (χ0n) is 19.5. The van der Waals surface area contributed by atoms with Crippen molar-refractivity contribution in [3.63, 3.8) is 0 Å². The van der Waals surface area contributed by atoms with Crippen molar-refractivity contribution in [2.45, 2.75) is 25.3 Å². The van der Waals surface area contributed by atoms with E-state index >= 15 is 0 Å². The molecule has 0 spiro atoms. The molecule has 5 rings (SSSR count). The van der Waals surface area contributed by atoms with Crippen LogP contribution in [0.15, 0.2) is 48.7 Å². The number of hydrogen-bond acceptors (Lipinski definition) is 6. The predicted molar refractivity (Wildman–Crippen MR) is 136 cm³/mol. The van der Waals surface area contributed by atoms with Gasteiger partial charge in [0.15, 0.2) is 0 Å². The van der Waals surface area contributed by atoms with Gasteiger partial charge in [-0.3, -0.25) is 14.8 Å². The van der Waals surface area contributed by atoms with Crippen LogP contribution in [0.5, 0.6) is 11.5 Å². The minimum atomic E-state index is 0.229. The monoisotopic (exact) mass is 456 g/mol. The molecule has 1 unspecified atom stereocenters. The number of phenolic OH excluding ortho intramolecular Hbond substituents is 2. The Morgan fingerprint density at radius 1 is 1.06 bits per heavy atom. The third kappa shape index (κ3) is 4.68. The Kier molecular flexibility index (Phi) is 6.57. The van der Waals surface area contributed by atoms with Crippen molar-refractivity contribution < 1.29 is 10.2 Å². The first-order valence-electron chi connectivity index (χ1n) is 12.1. The van der Waals surface area contributed by atoms with Crippen LogP contribution in [0.3, 0.4) is 0 Å². The number of piperazine rings is 1. The molecule has 176 valence electrons. The van der Waals surface area contributed by atoms with Crippen molar-refractivity contribution in [3.05, 3.63) is 59.8 Å². The second-order valence-corrected chi connectivity index (χ2v) is 9.36. The lowest BCUT2D eigenvalue weighted by Gasteiger charge is -2.39. The molecule has 1 aliphatic heterocycles. The topological polar surface area (TPSA) is 63.1 Å². The molecule has 3 aromatic rings. The normalized spacial score (nSPS) is 18.7. The van der Waals surface area contributed by atoms with Gasteiger partial charge in [-0.25, -0.2) is 0 Å². The average Bonchev–Trinajstić information content (AvgIpc) is 2.87. The first kappa shape index (κ1) is 22.5. The van der Waals surface area contributed by atoms with Crippen molar-refractivity contribution in [2.24, 2.45) is 0 Å². The van der Waals surface area contributed by atoms with Crippen molar-refractivity contribution >= 4 is 16.6 Å². The zero-order chi connectivity index (χ0) is 23.5. The van der Waals surface area contributed by atoms with Crippen LogP contribution in [-0.4, -0.2) is 76.9 Å². The number of aromatic hydroxyl groups is 2. The highest BCUT2D eigenvalue weighted by molar-refractivity contribution is 5.95. The maximum Gasteiger partial charge on any atom is 0.141 e. The highest BCUT2D eigenvalue weighted by Crippen LogP contribution is 2.32. The van der Waals surface area contributed by atoms with Crippen LogP contribution in [0.25, 0.3) is 10.9 Å². The molecule has 6 heteroatoms. The van der Waals surface area contributed by atoms with E-state index in [2.05, 4.69) is 31.7 Å². The number of hydrogen-bond donors (Lipinski definition) is 2. The van der Waals surface area contributed by atoms with E-state index in [4.69, 9.17) is 6.42 Å². The Hall–Kier alpha value is -3.27. The molecule has 2 heterocycles. The lowest BCUT2D eigenvalue weighted by atomic mass is 9.87. The van der Waals surface area contributed by atoms with Crippen LogP contribution in [0, 0.1) is 12.3 Å². The van der Waals surface area contributed by atoms with E-state index < -0.39 is 0 Å². The van der Waals surface area contributed by atoms with Gasteiger partial charge in [-0.15, -0.1) is 6.42 Å². The fraction of sp³-hybridized carbons (Fsp3) is 0.393. The largest absolute Gasteiger partial charge is 0.508 e. The molecule has 2 N–H and O–H groups in total. The molecule has 1 aliphatic carbocycles. The van der Waals surface area contributed by atoms with Gasteiger partial charge in [0.1, 0.15) is 17.0 Å². The van der Waals surface area contributed by atoms with E-state index in [-0.39, 0.29) is 5.75 Å². The summed E-state index contributed by atoms with van der Waals surface area (Å²) in [6.45, 7) is 6.49. The Morgan fingerprint density at radius 3 is 2.74 bits per heavy atom. The molecule has 6 nitrogen and oxygen atoms in total. The quantitative estimate of drug-likeness (QED) is 0.555. The van der Waals surface area contributed by atoms with Crippen LogP contribution in [0.4, 0.5) is 5.69 Å². The summed E-state index contributed by atoms with van der Waals surface area (Å²) >= 11 is 0. The van der Waals surface area contributed by atoms with Crippen molar-refractivity contribution in [2.75, 3.05) is 50.7 Å². The number of nitrogens with zero attached hydrogens (tertiary/aromatic N) is 4. The first-order valence-corrected chi connectivity index (χ1v) is 12.1. The first-order chi connectivity index (χ1) is 16.6. The molecular weight excluding hydrogens is 424 g/mol. The summed E-state index contributed by atoms with van der Waals surface area (Å²) in [5.41, 5.74) is 4.40. The number of fused-ring (bicyclic) bond motifs is 2. The molecule has 0 saturated carbocycles. The van der Waals surface area contributed by atoms with Crippen molar-refractivity contribution in [1.82, 2.24) is 14.8 Å². The van der Waals surface area contributed by atoms with Gasteiger partial charge in [-0.05, 0) is 66.8 Å². The molecule has 0 amide bonds. The third-order valence-corrected chi connectivity index (χ3v) is 7.34. The smallest absolute Gasteiger partial charge is 0.141 e. The summed E-state index contributed by atoms with van der Waals surface area (Å²) in [7, 11) is 0. The van der Waals surface area contributed by atoms with Crippen LogP contribution >= 0.6 is 0 Å². The number of pyridine rings is 1. The third-order valence-electron chi connectivity index (χ3n) is 7.34. The number of anilines is 1. The van der Waals surface area contributed by atoms with E-state index in [0.29, 0.717) is 23.9 Å². The summed E-state index contributed by atoms with van der Waals surface area (Å²) in [5.74, 6) is 3.44. The molecule has 1 aromatic heterocycles. The predicted octanol–water partition coefficient (Wildman–Crippen LogP) is 3.26. The van der Waals surface area contributed by atoms with Gasteiger partial charge in [0.2, 0.25) is 0 Å². The minimum absolute atomic E-state index is 0.229. The minimum Gasteiger partial charge on any atom is -0.508 e. The highest BCUT2D eigenvalue weighted by Gasteiger charge is 2.25. The number of terminal acetylenes is 1. The van der Waals surface area contributed by atoms with Gasteiger partial charge in [0, 0.05) is 62.6 Å². The van der Waals surface area contributed by atoms with Crippen LogP contribution in [0.2, 0.25) is 0 Å². The van der Waals surface area contributed by atoms with Gasteiger partial charge >= 0.3 is 0 Å². The molecule has 1 saturated heterocycles. The summed E-state index contributed by atoms with van der Waals surface area (Å²) < 4.78 is 0. The molecule has 1 fully saturated rings. The SMILES string of the molecule is C#CCN(CCN1CCN(c2ccc(O)c3ncccc23)CC1)C1CCc2ccc(O)cc2C1. The zero-order valence-corrected chi connectivity index (χ0v) is 19.5. The van der Waals surface area contributed by atoms with E-state index in [0.717, 1.165) is 69.6 Å². The van der Waals surface area contributed by atoms with Gasteiger partial charge < -0.3 is 15.1 Å². The van der Waals surface area contributed by atoms with Gasteiger partial charge in [-0.1, -0.05) is 12.0 Å². The van der Waals surface area contributed by atoms with E-state index in [1.807, 2.05) is 24.3 Å². The van der Waals surface area contributed by atoms with Gasteiger partial charge in [-0.2, -0.15) is 0 Å². The number of aryl methyl sites for hydroxylation is 1. The fourth-order valence-corrected chi connectivity index (χ4v) is 5.44. The summed E-state index contributed by atoms with van der Waals surface area (Å²) in [6.07, 6.45) is 10.5. The second-order valence-electron chi connectivity index (χ2n) is 9.36. The molecule has 0 radical (unpaired) electrons. The number of phenols is 2. The number of benzene rings is 2. The molecule has 2 aromatic carbocycles. The fourth-order valence-electron chi connectivity index (χ4n) is 5.44. The number of rotatable bonds is 6. The summed E-state index contributed by atoms with van der Waals surface area (Å²) in [6, 6.07) is 13.9. The lowest BCUT2D eigenvalue weighted by Crippen LogP contribution is -2.50. The highest BCUT2D eigenvalue weighted by atomic mass is 16.3. The molecule has 0 bridgehead atoms. The maximum atomic E-state index is 10.2. The Balaban J connectivity index is 1.19. The van der Waals surface area contributed by atoms with Gasteiger partial charge in [0.05, 0.1) is 6.54 Å². The molecule has 1 atom stereocenters. The van der Waals surface area contributed by atoms with E-state index in [9.17, 15) is 10.2 Å². The second kappa shape index (κ2) is 9.92. The van der Waals surface area contributed by atoms with Crippen molar-refractivity contribution in [1.29, 1.82) is 0 Å². The molecule has 2 aliphatic rings. The lowest BCUT2D eigenvalue weighted by molar-refractivity contribution is 0.160. The van der Waals surface area contributed by atoms with Crippen LogP contribution in [0.1, 0.15) is 17.5 Å². The summed E-state index contributed by atoms with van der Waals surface area (Å²) in [5, 5.41) is 21.0. The summed E-state index contributed by atoms with van der Waals surface area (Å²) in [4.78, 5) is 11.7. The number of aromatic nitrogens is 1. The standard InChI is InChI=1S/C28H32N4O2/c1-2-12-31(23-7-5-21-6-8-24(33)20-22(21)19-23)16-13-30-14-17-32(18-15-30)26-9-10-27(34)28-25(26)4-3-11-29-28/h1,3-4,6,8-11,20,23,33-34H,5,7,12-19H2. The van der Waals surface area contributed by atoms with E-state index in [1.54, 1.807) is 18.3 Å². The Morgan fingerprint density at radius 2 is 1.91 bits per heavy atom. The Bertz CT molecular complexity index is 1200. The van der Waals surface area contributed by atoms with E-state index in [1.165, 1.54) is 11.1 Å². The molecule has 34 heavy (non-hydrogen) atoms. The average molecular weight is 457 g/mol. The van der Waals surface area contributed by atoms with Crippen LogP contribution < -0.4 is 4.90 Å². The Labute approximate surface area is 201 Å². The van der Waals surface area contributed by atoms with Crippen molar-refractivity contribution in [3.8, 4) is 23.8 Å². The van der Waals surface area contributed by atoms with Gasteiger partial charge in [0.25, 0.3) is 0 Å². The molecular formula is C28H32N4O2. The maximum absolute atomic E-state index is 10.2.